The SMILES string of the molecule is CC[C@@]1(O)C(=O)OCc2c1cc1n(c2=O)Cc2c-1nc1cc(F)c(C)c3c1c2[C@@H](NC(=O)[C@H](O)CCC1CC1)CC3. The molecule has 41 heavy (non-hydrogen) atoms. The molecule has 9 nitrogen and oxygen atoms in total. The van der Waals surface area contributed by atoms with Crippen molar-refractivity contribution in [1.29, 1.82) is 0 Å². The van der Waals surface area contributed by atoms with Crippen LogP contribution in [0.5, 0.6) is 0 Å². The van der Waals surface area contributed by atoms with E-state index in [1.54, 1.807) is 24.5 Å². The summed E-state index contributed by atoms with van der Waals surface area (Å²) in [6, 6.07) is 2.54. The summed E-state index contributed by atoms with van der Waals surface area (Å²) in [5.74, 6) is -1.04. The molecule has 3 N–H and O–H groups in total. The number of aromatic nitrogens is 2. The van der Waals surface area contributed by atoms with E-state index in [0.717, 1.165) is 41.3 Å². The molecule has 214 valence electrons. The van der Waals surface area contributed by atoms with Crippen molar-refractivity contribution in [3.8, 4) is 11.4 Å². The van der Waals surface area contributed by atoms with Crippen LogP contribution in [0.2, 0.25) is 0 Å². The number of nitrogens with zero attached hydrogens (tertiary/aromatic N) is 2. The Hall–Kier alpha value is -3.63. The highest BCUT2D eigenvalue weighted by molar-refractivity contribution is 5.94. The summed E-state index contributed by atoms with van der Waals surface area (Å²) in [6.07, 6.45) is 3.44. The van der Waals surface area contributed by atoms with Crippen LogP contribution in [0.15, 0.2) is 16.9 Å². The maximum atomic E-state index is 15.1. The molecule has 1 saturated carbocycles. The van der Waals surface area contributed by atoms with Crippen molar-refractivity contribution < 1.29 is 28.9 Å². The molecule has 3 atom stereocenters. The van der Waals surface area contributed by atoms with Crippen molar-refractivity contribution in [2.24, 2.45) is 5.92 Å². The number of rotatable bonds is 6. The van der Waals surface area contributed by atoms with Gasteiger partial charge < -0.3 is 24.8 Å². The van der Waals surface area contributed by atoms with E-state index < -0.39 is 29.6 Å². The first-order valence-corrected chi connectivity index (χ1v) is 14.4. The average molecular weight is 562 g/mol. The lowest BCUT2D eigenvalue weighted by molar-refractivity contribution is -0.172. The Morgan fingerprint density at radius 3 is 2.76 bits per heavy atom. The number of pyridine rings is 2. The first-order valence-electron chi connectivity index (χ1n) is 14.4. The lowest BCUT2D eigenvalue weighted by Gasteiger charge is -2.31. The van der Waals surface area contributed by atoms with E-state index in [2.05, 4.69) is 5.32 Å². The number of aryl methyl sites for hydroxylation is 1. The average Bonchev–Trinajstić information content (AvgIpc) is 3.72. The number of nitrogens with one attached hydrogen (secondary N) is 1. The molecule has 1 fully saturated rings. The fourth-order valence-electron chi connectivity index (χ4n) is 6.90. The molecule has 4 heterocycles. The maximum Gasteiger partial charge on any atom is 0.343 e. The molecule has 0 radical (unpaired) electrons. The third kappa shape index (κ3) is 3.87. The molecule has 3 aromatic rings. The van der Waals surface area contributed by atoms with Gasteiger partial charge >= 0.3 is 5.97 Å². The number of carbonyl (C=O) groups is 2. The summed E-state index contributed by atoms with van der Waals surface area (Å²) in [7, 11) is 0. The number of aliphatic hydroxyl groups excluding tert-OH is 1. The fraction of sp³-hybridized carbons (Fsp3) is 0.484. The topological polar surface area (TPSA) is 131 Å². The summed E-state index contributed by atoms with van der Waals surface area (Å²) in [4.78, 5) is 44.2. The first kappa shape index (κ1) is 26.3. The van der Waals surface area contributed by atoms with Gasteiger partial charge in [0.15, 0.2) is 5.60 Å². The molecule has 4 aliphatic rings. The highest BCUT2D eigenvalue weighted by Gasteiger charge is 2.46. The first-order chi connectivity index (χ1) is 19.6. The summed E-state index contributed by atoms with van der Waals surface area (Å²) in [5.41, 5.74) is 2.22. The molecule has 0 unspecified atom stereocenters. The molecular weight excluding hydrogens is 529 g/mol. The van der Waals surface area contributed by atoms with Crippen molar-refractivity contribution >= 4 is 22.8 Å². The Labute approximate surface area is 235 Å². The number of halogens is 1. The molecule has 7 rings (SSSR count). The van der Waals surface area contributed by atoms with E-state index in [4.69, 9.17) is 9.72 Å². The van der Waals surface area contributed by atoms with Gasteiger partial charge in [0.1, 0.15) is 18.5 Å². The van der Waals surface area contributed by atoms with Crippen LogP contribution in [0.3, 0.4) is 0 Å². The molecule has 2 aliphatic heterocycles. The van der Waals surface area contributed by atoms with Crippen LogP contribution in [-0.2, 0) is 39.5 Å². The minimum Gasteiger partial charge on any atom is -0.458 e. The molecule has 0 bridgehead atoms. The molecule has 2 aromatic heterocycles. The second kappa shape index (κ2) is 9.19. The molecule has 1 amide bonds. The van der Waals surface area contributed by atoms with E-state index in [9.17, 15) is 24.6 Å². The smallest absolute Gasteiger partial charge is 0.343 e. The highest BCUT2D eigenvalue weighted by atomic mass is 19.1. The van der Waals surface area contributed by atoms with Gasteiger partial charge in [0.05, 0.1) is 35.1 Å². The minimum absolute atomic E-state index is 0.0238. The molecule has 0 spiro atoms. The zero-order valence-electron chi connectivity index (χ0n) is 23.1. The van der Waals surface area contributed by atoms with Gasteiger partial charge in [0.2, 0.25) is 5.91 Å². The van der Waals surface area contributed by atoms with Crippen LogP contribution in [0, 0.1) is 18.7 Å². The fourth-order valence-corrected chi connectivity index (χ4v) is 6.90. The third-order valence-corrected chi connectivity index (χ3v) is 9.54. The number of hydrogen-bond donors (Lipinski definition) is 3. The van der Waals surface area contributed by atoms with Crippen LogP contribution in [0.1, 0.15) is 84.9 Å². The molecular formula is C31H32FN3O6. The van der Waals surface area contributed by atoms with Gasteiger partial charge in [-0.25, -0.2) is 14.2 Å². The number of hydrogen-bond acceptors (Lipinski definition) is 7. The number of cyclic esters (lactones) is 1. The normalized spacial score (nSPS) is 23.0. The van der Waals surface area contributed by atoms with E-state index in [-0.39, 0.29) is 42.1 Å². The monoisotopic (exact) mass is 561 g/mol. The van der Waals surface area contributed by atoms with Crippen molar-refractivity contribution in [2.75, 3.05) is 0 Å². The van der Waals surface area contributed by atoms with Crippen LogP contribution >= 0.6 is 0 Å². The predicted octanol–water partition coefficient (Wildman–Crippen LogP) is 3.18. The van der Waals surface area contributed by atoms with Gasteiger partial charge in [0.25, 0.3) is 5.56 Å². The number of esters is 1. The van der Waals surface area contributed by atoms with Crippen LogP contribution < -0.4 is 10.9 Å². The Balaban J connectivity index is 1.39. The Kier molecular flexibility index (Phi) is 5.89. The van der Waals surface area contributed by atoms with Crippen molar-refractivity contribution in [1.82, 2.24) is 14.9 Å². The summed E-state index contributed by atoms with van der Waals surface area (Å²) in [6.45, 7) is 3.31. The number of benzene rings is 1. The van der Waals surface area contributed by atoms with Gasteiger partial charge in [-0.2, -0.15) is 0 Å². The molecule has 1 aromatic carbocycles. The van der Waals surface area contributed by atoms with Gasteiger partial charge in [-0.3, -0.25) is 9.59 Å². The summed E-state index contributed by atoms with van der Waals surface area (Å²) >= 11 is 0. The number of carbonyl (C=O) groups excluding carboxylic acids is 2. The number of ether oxygens (including phenoxy) is 1. The van der Waals surface area contributed by atoms with E-state index in [1.807, 2.05) is 0 Å². The summed E-state index contributed by atoms with van der Waals surface area (Å²) < 4.78 is 21.8. The van der Waals surface area contributed by atoms with Crippen molar-refractivity contribution in [3.05, 3.63) is 61.7 Å². The van der Waals surface area contributed by atoms with E-state index >= 15 is 4.39 Å². The van der Waals surface area contributed by atoms with Crippen LogP contribution in [0.25, 0.3) is 22.3 Å². The zero-order chi connectivity index (χ0) is 28.8. The lowest BCUT2D eigenvalue weighted by Crippen LogP contribution is -2.44. The highest BCUT2D eigenvalue weighted by Crippen LogP contribution is 2.46. The van der Waals surface area contributed by atoms with Crippen molar-refractivity contribution in [3.63, 3.8) is 0 Å². The number of amides is 1. The lowest BCUT2D eigenvalue weighted by atomic mass is 9.81. The maximum absolute atomic E-state index is 15.1. The zero-order valence-corrected chi connectivity index (χ0v) is 23.1. The Bertz CT molecular complexity index is 1730. The number of aliphatic hydroxyl groups is 2. The third-order valence-electron chi connectivity index (χ3n) is 9.54. The second-order valence-corrected chi connectivity index (χ2v) is 11.9. The van der Waals surface area contributed by atoms with E-state index in [0.29, 0.717) is 47.6 Å². The second-order valence-electron chi connectivity index (χ2n) is 11.9. The van der Waals surface area contributed by atoms with Gasteiger partial charge in [-0.05, 0) is 67.7 Å². The van der Waals surface area contributed by atoms with Crippen molar-refractivity contribution in [2.45, 2.75) is 89.7 Å². The Morgan fingerprint density at radius 2 is 2.02 bits per heavy atom. The molecule has 0 saturated heterocycles. The largest absolute Gasteiger partial charge is 0.458 e. The van der Waals surface area contributed by atoms with Crippen LogP contribution in [-0.4, -0.2) is 37.7 Å². The van der Waals surface area contributed by atoms with Gasteiger partial charge in [-0.1, -0.05) is 19.8 Å². The summed E-state index contributed by atoms with van der Waals surface area (Å²) in [5, 5.41) is 25.6. The molecule has 10 heteroatoms. The molecule has 2 aliphatic carbocycles. The van der Waals surface area contributed by atoms with E-state index in [1.165, 1.54) is 6.07 Å². The predicted molar refractivity (Wildman–Crippen MR) is 146 cm³/mol. The quantitative estimate of drug-likeness (QED) is 0.308. The van der Waals surface area contributed by atoms with Gasteiger partial charge in [-0.15, -0.1) is 0 Å². The van der Waals surface area contributed by atoms with Crippen LogP contribution in [0.4, 0.5) is 4.39 Å². The van der Waals surface area contributed by atoms with Gasteiger partial charge in [0, 0.05) is 22.6 Å². The standard InChI is InChI=1S/C31H32FN3O6/c1-3-31(40)19-10-23-27-17(12-35(23)29(38)18(19)13-41-30(31)39)26-21(34-28(37)24(36)9-6-15-4-5-15)8-7-16-14(2)20(32)11-22(33-27)25(16)26/h10-11,15,21,24,36,40H,3-9,12-13H2,1-2H3,(H,34,37)/t21-,24+,31-/m0/s1. The Morgan fingerprint density at radius 1 is 1.24 bits per heavy atom. The minimum atomic E-state index is -1.96. The number of fused-ring (bicyclic) bond motifs is 5.